The van der Waals surface area contributed by atoms with Gasteiger partial charge in [-0.05, 0) is 59.9 Å². The van der Waals surface area contributed by atoms with Gasteiger partial charge < -0.3 is 19.7 Å². The SMILES string of the molecule is COc1ccc(OCCCC(=O)N(Cc2cccc(Cl)c2)[C@H](Cc2ccccc2)C(=O)NCC(C)C)cc1. The first kappa shape index (κ1) is 29.1. The monoisotopic (exact) mass is 536 g/mol. The molecule has 3 aromatic rings. The summed E-state index contributed by atoms with van der Waals surface area (Å²) in [6, 6.07) is 23.9. The van der Waals surface area contributed by atoms with Crippen molar-refractivity contribution in [2.75, 3.05) is 20.3 Å². The van der Waals surface area contributed by atoms with Crippen LogP contribution in [-0.4, -0.2) is 43.0 Å². The molecule has 3 aromatic carbocycles. The Kier molecular flexibility index (Phi) is 11.5. The Hall–Kier alpha value is -3.51. The van der Waals surface area contributed by atoms with Crippen LogP contribution in [-0.2, 0) is 22.6 Å². The highest BCUT2D eigenvalue weighted by molar-refractivity contribution is 6.30. The number of methoxy groups -OCH3 is 1. The molecule has 7 heteroatoms. The lowest BCUT2D eigenvalue weighted by Crippen LogP contribution is -2.51. The summed E-state index contributed by atoms with van der Waals surface area (Å²) in [5.41, 5.74) is 1.86. The maximum atomic E-state index is 13.6. The predicted molar refractivity (Wildman–Crippen MR) is 152 cm³/mol. The smallest absolute Gasteiger partial charge is 0.243 e. The van der Waals surface area contributed by atoms with E-state index in [9.17, 15) is 9.59 Å². The average Bonchev–Trinajstić information content (AvgIpc) is 2.92. The van der Waals surface area contributed by atoms with Gasteiger partial charge >= 0.3 is 0 Å². The first-order valence-corrected chi connectivity index (χ1v) is 13.4. The molecule has 0 fully saturated rings. The highest BCUT2D eigenvalue weighted by Gasteiger charge is 2.30. The Morgan fingerprint density at radius 1 is 0.921 bits per heavy atom. The summed E-state index contributed by atoms with van der Waals surface area (Å²) in [6.45, 7) is 5.30. The molecule has 0 saturated heterocycles. The molecule has 0 heterocycles. The molecule has 0 aliphatic heterocycles. The van der Waals surface area contributed by atoms with Crippen molar-refractivity contribution in [1.29, 1.82) is 0 Å². The van der Waals surface area contributed by atoms with Crippen molar-refractivity contribution >= 4 is 23.4 Å². The predicted octanol–water partition coefficient (Wildman–Crippen LogP) is 5.92. The average molecular weight is 537 g/mol. The number of rotatable bonds is 14. The molecule has 0 unspecified atom stereocenters. The van der Waals surface area contributed by atoms with Gasteiger partial charge in [-0.2, -0.15) is 0 Å². The van der Waals surface area contributed by atoms with Crippen LogP contribution >= 0.6 is 11.6 Å². The standard InChI is InChI=1S/C31H37ClN2O4/c1-23(2)21-33-31(36)29(20-24-9-5-4-6-10-24)34(22-25-11-7-12-26(32)19-25)30(35)13-8-18-38-28-16-14-27(37-3)15-17-28/h4-7,9-12,14-17,19,23,29H,8,13,18,20-22H2,1-3H3,(H,33,36)/t29-/m1/s1. The molecule has 6 nitrogen and oxygen atoms in total. The number of benzene rings is 3. The first-order chi connectivity index (χ1) is 18.4. The zero-order valence-corrected chi connectivity index (χ0v) is 23.1. The third kappa shape index (κ3) is 9.42. The van der Waals surface area contributed by atoms with Crippen molar-refractivity contribution in [3.63, 3.8) is 0 Å². The minimum absolute atomic E-state index is 0.107. The molecule has 0 aromatic heterocycles. The first-order valence-electron chi connectivity index (χ1n) is 13.0. The molecule has 0 aliphatic rings. The number of ether oxygens (including phenoxy) is 2. The number of halogens is 1. The van der Waals surface area contributed by atoms with E-state index in [1.165, 1.54) is 0 Å². The van der Waals surface area contributed by atoms with Gasteiger partial charge in [0.1, 0.15) is 17.5 Å². The van der Waals surface area contributed by atoms with Gasteiger partial charge in [0, 0.05) is 31.0 Å². The van der Waals surface area contributed by atoms with E-state index >= 15 is 0 Å². The second kappa shape index (κ2) is 15.0. The van der Waals surface area contributed by atoms with Crippen LogP contribution in [0.3, 0.4) is 0 Å². The van der Waals surface area contributed by atoms with E-state index in [2.05, 4.69) is 5.32 Å². The summed E-state index contributed by atoms with van der Waals surface area (Å²) in [5.74, 6) is 1.49. The molecule has 1 atom stereocenters. The third-order valence-electron chi connectivity index (χ3n) is 6.06. The van der Waals surface area contributed by atoms with Crippen LogP contribution in [0.25, 0.3) is 0 Å². The maximum Gasteiger partial charge on any atom is 0.243 e. The van der Waals surface area contributed by atoms with Gasteiger partial charge in [0.15, 0.2) is 0 Å². The topological polar surface area (TPSA) is 67.9 Å². The molecular formula is C31H37ClN2O4. The number of carbonyl (C=O) groups is 2. The van der Waals surface area contributed by atoms with Crippen LogP contribution in [0, 0.1) is 5.92 Å². The fourth-order valence-corrected chi connectivity index (χ4v) is 4.25. The van der Waals surface area contributed by atoms with Crippen LogP contribution in [0.4, 0.5) is 0 Å². The second-order valence-corrected chi connectivity index (χ2v) is 10.1. The van der Waals surface area contributed by atoms with E-state index in [-0.39, 0.29) is 24.8 Å². The summed E-state index contributed by atoms with van der Waals surface area (Å²) in [4.78, 5) is 28.8. The van der Waals surface area contributed by atoms with Gasteiger partial charge in [0.25, 0.3) is 0 Å². The Bertz CT molecular complexity index is 1150. The Morgan fingerprint density at radius 2 is 1.61 bits per heavy atom. The molecule has 0 aliphatic carbocycles. The minimum atomic E-state index is -0.662. The van der Waals surface area contributed by atoms with Crippen LogP contribution in [0.5, 0.6) is 11.5 Å². The van der Waals surface area contributed by atoms with Gasteiger partial charge in [0.05, 0.1) is 13.7 Å². The highest BCUT2D eigenvalue weighted by Crippen LogP contribution is 2.20. The molecular weight excluding hydrogens is 500 g/mol. The highest BCUT2D eigenvalue weighted by atomic mass is 35.5. The van der Waals surface area contributed by atoms with Gasteiger partial charge in [-0.25, -0.2) is 0 Å². The number of carbonyl (C=O) groups excluding carboxylic acids is 2. The zero-order valence-electron chi connectivity index (χ0n) is 22.4. The van der Waals surface area contributed by atoms with Crippen LogP contribution in [0.15, 0.2) is 78.9 Å². The lowest BCUT2D eigenvalue weighted by atomic mass is 10.0. The van der Waals surface area contributed by atoms with Crippen molar-refractivity contribution in [3.05, 3.63) is 95.0 Å². The Labute approximate surface area is 230 Å². The fourth-order valence-electron chi connectivity index (χ4n) is 4.04. The summed E-state index contributed by atoms with van der Waals surface area (Å²) in [6.07, 6.45) is 1.18. The maximum absolute atomic E-state index is 13.6. The van der Waals surface area contributed by atoms with Gasteiger partial charge in [-0.3, -0.25) is 9.59 Å². The Morgan fingerprint density at radius 3 is 2.26 bits per heavy atom. The van der Waals surface area contributed by atoms with Gasteiger partial charge in [0.2, 0.25) is 11.8 Å². The molecule has 1 N–H and O–H groups in total. The fraction of sp³-hybridized carbons (Fsp3) is 0.355. The van der Waals surface area contributed by atoms with Crippen LogP contribution < -0.4 is 14.8 Å². The lowest BCUT2D eigenvalue weighted by Gasteiger charge is -2.32. The molecule has 38 heavy (non-hydrogen) atoms. The Balaban J connectivity index is 1.76. The van der Waals surface area contributed by atoms with E-state index in [1.807, 2.05) is 86.6 Å². The second-order valence-electron chi connectivity index (χ2n) is 9.62. The number of nitrogens with zero attached hydrogens (tertiary/aromatic N) is 1. The van der Waals surface area contributed by atoms with Gasteiger partial charge in [-0.1, -0.05) is 67.9 Å². The summed E-state index contributed by atoms with van der Waals surface area (Å²) in [7, 11) is 1.62. The van der Waals surface area contributed by atoms with Crippen LogP contribution in [0.1, 0.15) is 37.8 Å². The van der Waals surface area contributed by atoms with Crippen molar-refractivity contribution in [2.24, 2.45) is 5.92 Å². The quantitative estimate of drug-likeness (QED) is 0.260. The lowest BCUT2D eigenvalue weighted by molar-refractivity contribution is -0.141. The molecule has 3 rings (SSSR count). The normalized spacial score (nSPS) is 11.6. The number of amides is 2. The molecule has 0 bridgehead atoms. The van der Waals surface area contributed by atoms with Crippen LogP contribution in [0.2, 0.25) is 5.02 Å². The van der Waals surface area contributed by atoms with E-state index in [0.717, 1.165) is 16.9 Å². The van der Waals surface area contributed by atoms with E-state index in [1.54, 1.807) is 18.1 Å². The van der Waals surface area contributed by atoms with E-state index < -0.39 is 6.04 Å². The largest absolute Gasteiger partial charge is 0.497 e. The van der Waals surface area contributed by atoms with Crippen molar-refractivity contribution in [1.82, 2.24) is 10.2 Å². The molecule has 0 saturated carbocycles. The van der Waals surface area contributed by atoms with Gasteiger partial charge in [-0.15, -0.1) is 0 Å². The molecule has 202 valence electrons. The molecule has 2 amide bonds. The molecule has 0 radical (unpaired) electrons. The molecule has 0 spiro atoms. The van der Waals surface area contributed by atoms with Crippen molar-refractivity contribution in [2.45, 2.75) is 45.7 Å². The summed E-state index contributed by atoms with van der Waals surface area (Å²) in [5, 5.41) is 3.63. The third-order valence-corrected chi connectivity index (χ3v) is 6.30. The summed E-state index contributed by atoms with van der Waals surface area (Å²) < 4.78 is 11.0. The number of nitrogens with one attached hydrogen (secondary N) is 1. The zero-order chi connectivity index (χ0) is 27.3. The van der Waals surface area contributed by atoms with E-state index in [4.69, 9.17) is 21.1 Å². The number of hydrogen-bond donors (Lipinski definition) is 1. The van der Waals surface area contributed by atoms with Crippen molar-refractivity contribution < 1.29 is 19.1 Å². The van der Waals surface area contributed by atoms with E-state index in [0.29, 0.717) is 42.7 Å². The minimum Gasteiger partial charge on any atom is -0.497 e. The summed E-state index contributed by atoms with van der Waals surface area (Å²) >= 11 is 6.24. The van der Waals surface area contributed by atoms with Crippen molar-refractivity contribution in [3.8, 4) is 11.5 Å². The number of hydrogen-bond acceptors (Lipinski definition) is 4.